The van der Waals surface area contributed by atoms with Crippen molar-refractivity contribution in [3.63, 3.8) is 0 Å². The molecule has 1 aromatic heterocycles. The number of nitrogens with one attached hydrogen (secondary N) is 1. The van der Waals surface area contributed by atoms with Crippen LogP contribution in [0, 0.1) is 0 Å². The second-order valence-corrected chi connectivity index (χ2v) is 5.92. The molecule has 2 N–H and O–H groups in total. The van der Waals surface area contributed by atoms with E-state index in [4.69, 9.17) is 5.11 Å². The lowest BCUT2D eigenvalue weighted by Gasteiger charge is -2.35. The molecule has 1 aromatic carbocycles. The van der Waals surface area contributed by atoms with E-state index < -0.39 is 6.09 Å². The average molecular weight is 311 g/mol. The van der Waals surface area contributed by atoms with Gasteiger partial charge >= 0.3 is 6.09 Å². The van der Waals surface area contributed by atoms with Crippen molar-refractivity contribution in [3.8, 4) is 0 Å². The van der Waals surface area contributed by atoms with Crippen LogP contribution in [0.5, 0.6) is 0 Å². The molecular weight excluding hydrogens is 290 g/mol. The molecule has 120 valence electrons. The third-order valence-electron chi connectivity index (χ3n) is 4.39. The van der Waals surface area contributed by atoms with Gasteiger partial charge in [-0.2, -0.15) is 0 Å². The van der Waals surface area contributed by atoms with Gasteiger partial charge in [-0.3, -0.25) is 9.88 Å². The fourth-order valence-electron chi connectivity index (χ4n) is 3.09. The van der Waals surface area contributed by atoms with Crippen LogP contribution in [0.25, 0.3) is 0 Å². The van der Waals surface area contributed by atoms with E-state index in [1.165, 1.54) is 16.7 Å². The number of hydrogen-bond donors (Lipinski definition) is 2. The van der Waals surface area contributed by atoms with Crippen LogP contribution < -0.4 is 5.32 Å². The zero-order valence-corrected chi connectivity index (χ0v) is 13.2. The second-order valence-electron chi connectivity index (χ2n) is 5.92. The van der Waals surface area contributed by atoms with Crippen LogP contribution in [-0.4, -0.2) is 27.6 Å². The quantitative estimate of drug-likeness (QED) is 0.911. The molecule has 0 fully saturated rings. The zero-order valence-electron chi connectivity index (χ0n) is 13.2. The van der Waals surface area contributed by atoms with Gasteiger partial charge in [0.2, 0.25) is 0 Å². The summed E-state index contributed by atoms with van der Waals surface area (Å²) < 4.78 is 0. The Kier molecular flexibility index (Phi) is 4.57. The molecule has 2 aromatic rings. The third-order valence-corrected chi connectivity index (χ3v) is 4.39. The van der Waals surface area contributed by atoms with Crippen LogP contribution in [0.2, 0.25) is 0 Å². The Morgan fingerprint density at radius 2 is 2.17 bits per heavy atom. The minimum atomic E-state index is -1.02. The molecule has 2 heterocycles. The molecule has 1 aliphatic rings. The Hall–Kier alpha value is -2.40. The van der Waals surface area contributed by atoms with Gasteiger partial charge in [0.15, 0.2) is 0 Å². The van der Waals surface area contributed by atoms with Crippen molar-refractivity contribution in [3.05, 3.63) is 65.0 Å². The number of benzene rings is 1. The minimum absolute atomic E-state index is 0.244. The minimum Gasteiger partial charge on any atom is -0.465 e. The first-order chi connectivity index (χ1) is 11.1. The van der Waals surface area contributed by atoms with Crippen molar-refractivity contribution in [2.24, 2.45) is 0 Å². The van der Waals surface area contributed by atoms with E-state index >= 15 is 0 Å². The van der Waals surface area contributed by atoms with Gasteiger partial charge in [0.1, 0.15) is 0 Å². The molecule has 5 nitrogen and oxygen atoms in total. The molecule has 23 heavy (non-hydrogen) atoms. The summed E-state index contributed by atoms with van der Waals surface area (Å²) in [5.41, 5.74) is 4.59. The normalized spacial score (nSPS) is 17.5. The van der Waals surface area contributed by atoms with Crippen LogP contribution >= 0.6 is 0 Å². The molecule has 1 atom stereocenters. The Balaban J connectivity index is 1.76. The van der Waals surface area contributed by atoms with Crippen molar-refractivity contribution >= 4 is 6.09 Å². The summed E-state index contributed by atoms with van der Waals surface area (Å²) >= 11 is 0. The lowest BCUT2D eigenvalue weighted by atomic mass is 9.94. The summed E-state index contributed by atoms with van der Waals surface area (Å²) in [5, 5.41) is 11.1. The average Bonchev–Trinajstić information content (AvgIpc) is 2.57. The highest BCUT2D eigenvalue weighted by molar-refractivity contribution is 5.64. The molecule has 0 aliphatic carbocycles. The molecule has 1 unspecified atom stereocenters. The first kappa shape index (κ1) is 15.5. The van der Waals surface area contributed by atoms with Crippen LogP contribution in [0.4, 0.5) is 4.79 Å². The number of amides is 1. The largest absolute Gasteiger partial charge is 0.465 e. The summed E-state index contributed by atoms with van der Waals surface area (Å²) in [7, 11) is 0. The molecule has 0 bridgehead atoms. The van der Waals surface area contributed by atoms with Gasteiger partial charge in [0.25, 0.3) is 0 Å². The predicted molar refractivity (Wildman–Crippen MR) is 88.1 cm³/mol. The fraction of sp³-hybridized carbons (Fsp3) is 0.333. The summed E-state index contributed by atoms with van der Waals surface area (Å²) in [5.74, 6) is 0. The Bertz CT molecular complexity index is 688. The fourth-order valence-corrected chi connectivity index (χ4v) is 3.09. The number of rotatable bonds is 4. The van der Waals surface area contributed by atoms with E-state index in [2.05, 4.69) is 46.4 Å². The molecule has 1 amide bonds. The maximum absolute atomic E-state index is 10.6. The molecular formula is C18H21N3O2. The zero-order chi connectivity index (χ0) is 16.2. The van der Waals surface area contributed by atoms with Crippen molar-refractivity contribution in [1.29, 1.82) is 0 Å². The van der Waals surface area contributed by atoms with Gasteiger partial charge in [0.05, 0.1) is 12.2 Å². The molecule has 0 spiro atoms. The van der Waals surface area contributed by atoms with Crippen LogP contribution in [-0.2, 0) is 19.5 Å². The van der Waals surface area contributed by atoms with Gasteiger partial charge in [-0.05, 0) is 36.1 Å². The second kappa shape index (κ2) is 6.79. The summed E-state index contributed by atoms with van der Waals surface area (Å²) in [6.07, 6.45) is 1.85. The number of carboxylic acid groups (broad SMARTS) is 1. The predicted octanol–water partition coefficient (Wildman–Crippen LogP) is 2.97. The first-order valence-corrected chi connectivity index (χ1v) is 7.86. The highest BCUT2D eigenvalue weighted by Crippen LogP contribution is 2.30. The maximum Gasteiger partial charge on any atom is 0.404 e. The highest BCUT2D eigenvalue weighted by Gasteiger charge is 2.24. The molecule has 0 saturated heterocycles. The van der Waals surface area contributed by atoms with Gasteiger partial charge in [0, 0.05) is 25.3 Å². The lowest BCUT2D eigenvalue weighted by Crippen LogP contribution is -2.34. The molecule has 0 radical (unpaired) electrons. The van der Waals surface area contributed by atoms with Crippen LogP contribution in [0.3, 0.4) is 0 Å². The molecule has 1 aliphatic heterocycles. The molecule has 3 rings (SSSR count). The van der Waals surface area contributed by atoms with E-state index in [9.17, 15) is 4.79 Å². The number of fused-ring (bicyclic) bond motifs is 1. The smallest absolute Gasteiger partial charge is 0.404 e. The number of nitrogens with zero attached hydrogens (tertiary/aromatic N) is 2. The van der Waals surface area contributed by atoms with Gasteiger partial charge < -0.3 is 10.4 Å². The monoisotopic (exact) mass is 311 g/mol. The summed E-state index contributed by atoms with van der Waals surface area (Å²) in [6, 6.07) is 12.8. The Morgan fingerprint density at radius 3 is 2.91 bits per heavy atom. The number of carbonyl (C=O) groups is 1. The SMILES string of the molecule is CC1c2cc(CNC(=O)O)ncc2CCN1Cc1ccccc1. The lowest BCUT2D eigenvalue weighted by molar-refractivity contribution is 0.189. The van der Waals surface area contributed by atoms with E-state index in [-0.39, 0.29) is 6.54 Å². The summed E-state index contributed by atoms with van der Waals surface area (Å²) in [4.78, 5) is 17.4. The Labute approximate surface area is 136 Å². The van der Waals surface area contributed by atoms with Gasteiger partial charge in [-0.1, -0.05) is 30.3 Å². The van der Waals surface area contributed by atoms with Crippen molar-refractivity contribution < 1.29 is 9.90 Å². The van der Waals surface area contributed by atoms with E-state index in [1.807, 2.05) is 18.3 Å². The van der Waals surface area contributed by atoms with E-state index in [0.29, 0.717) is 6.04 Å². The van der Waals surface area contributed by atoms with Crippen molar-refractivity contribution in [2.45, 2.75) is 32.5 Å². The number of hydrogen-bond acceptors (Lipinski definition) is 3. The first-order valence-electron chi connectivity index (χ1n) is 7.86. The number of pyridine rings is 1. The van der Waals surface area contributed by atoms with Crippen molar-refractivity contribution in [2.75, 3.05) is 6.54 Å². The molecule has 0 saturated carbocycles. The van der Waals surface area contributed by atoms with Crippen LogP contribution in [0.1, 0.15) is 35.3 Å². The van der Waals surface area contributed by atoms with Crippen LogP contribution in [0.15, 0.2) is 42.6 Å². The third kappa shape index (κ3) is 3.68. The maximum atomic E-state index is 10.6. The highest BCUT2D eigenvalue weighted by atomic mass is 16.4. The molecule has 5 heteroatoms. The summed E-state index contributed by atoms with van der Waals surface area (Å²) in [6.45, 7) is 4.38. The Morgan fingerprint density at radius 1 is 1.39 bits per heavy atom. The van der Waals surface area contributed by atoms with E-state index in [1.54, 1.807) is 0 Å². The van der Waals surface area contributed by atoms with E-state index in [0.717, 1.165) is 25.2 Å². The van der Waals surface area contributed by atoms with Gasteiger partial charge in [-0.25, -0.2) is 4.79 Å². The standard InChI is InChI=1S/C18H21N3O2/c1-13-17-9-16(11-20-18(22)23)19-10-15(17)7-8-21(13)12-14-5-3-2-4-6-14/h2-6,9-10,13,20H,7-8,11-12H2,1H3,(H,22,23). The van der Waals surface area contributed by atoms with Gasteiger partial charge in [-0.15, -0.1) is 0 Å². The topological polar surface area (TPSA) is 65.5 Å². The number of aromatic nitrogens is 1. The van der Waals surface area contributed by atoms with Crippen molar-refractivity contribution in [1.82, 2.24) is 15.2 Å².